The van der Waals surface area contributed by atoms with Crippen molar-refractivity contribution >= 4 is 49.9 Å². The molecule has 0 spiro atoms. The predicted octanol–water partition coefficient (Wildman–Crippen LogP) is 5.96. The Morgan fingerprint density at radius 3 is 2.33 bits per heavy atom. The Labute approximate surface area is 141 Å². The van der Waals surface area contributed by atoms with Gasteiger partial charge in [0.15, 0.2) is 0 Å². The molecule has 0 aliphatic carbocycles. The van der Waals surface area contributed by atoms with Gasteiger partial charge in [-0.05, 0) is 40.8 Å². The molecular weight excluding hydrogens is 369 g/mol. The average molecular weight is 381 g/mol. The maximum atomic E-state index is 6.45. The first-order valence-electron chi connectivity index (χ1n) is 6.45. The lowest BCUT2D eigenvalue weighted by Crippen LogP contribution is -2.12. The largest absolute Gasteiger partial charge is 0.320 e. The van der Waals surface area contributed by atoms with Crippen molar-refractivity contribution in [2.24, 2.45) is 5.73 Å². The standard InChI is InChI=1S/C17H12BrCl2N/c18-11-7-10(8-12(19)9-11)17(21)15-5-6-16(20)14-4-2-1-3-13(14)15/h1-9,17H,21H2. The normalized spacial score (nSPS) is 12.6. The Balaban J connectivity index is 2.18. The van der Waals surface area contributed by atoms with E-state index in [0.29, 0.717) is 5.02 Å². The molecule has 4 heteroatoms. The predicted molar refractivity (Wildman–Crippen MR) is 94.1 cm³/mol. The summed E-state index contributed by atoms with van der Waals surface area (Å²) in [5.74, 6) is 0. The van der Waals surface area contributed by atoms with E-state index < -0.39 is 0 Å². The molecule has 0 fully saturated rings. The Hall–Kier alpha value is -1.06. The van der Waals surface area contributed by atoms with E-state index >= 15 is 0 Å². The minimum atomic E-state index is -0.262. The van der Waals surface area contributed by atoms with Gasteiger partial charge in [-0.3, -0.25) is 0 Å². The first-order valence-corrected chi connectivity index (χ1v) is 8.00. The maximum Gasteiger partial charge on any atom is 0.0558 e. The summed E-state index contributed by atoms with van der Waals surface area (Å²) >= 11 is 15.8. The fourth-order valence-corrected chi connectivity index (χ4v) is 3.61. The molecule has 3 rings (SSSR count). The highest BCUT2D eigenvalue weighted by molar-refractivity contribution is 9.10. The molecule has 106 valence electrons. The smallest absolute Gasteiger partial charge is 0.0558 e. The van der Waals surface area contributed by atoms with Crippen molar-refractivity contribution < 1.29 is 0 Å². The van der Waals surface area contributed by atoms with Crippen LogP contribution in [0.1, 0.15) is 17.2 Å². The van der Waals surface area contributed by atoms with Crippen LogP contribution in [0.25, 0.3) is 10.8 Å². The summed E-state index contributed by atoms with van der Waals surface area (Å²) < 4.78 is 0.915. The topological polar surface area (TPSA) is 26.0 Å². The van der Waals surface area contributed by atoms with Crippen LogP contribution in [0.2, 0.25) is 10.0 Å². The summed E-state index contributed by atoms with van der Waals surface area (Å²) in [6.07, 6.45) is 0. The minimum Gasteiger partial charge on any atom is -0.320 e. The zero-order valence-corrected chi connectivity index (χ0v) is 14.1. The lowest BCUT2D eigenvalue weighted by Gasteiger charge is -2.16. The monoisotopic (exact) mass is 379 g/mol. The zero-order valence-electron chi connectivity index (χ0n) is 11.0. The van der Waals surface area contributed by atoms with E-state index in [-0.39, 0.29) is 6.04 Å². The van der Waals surface area contributed by atoms with Gasteiger partial charge >= 0.3 is 0 Å². The Morgan fingerprint density at radius 1 is 0.905 bits per heavy atom. The van der Waals surface area contributed by atoms with E-state index in [1.807, 2.05) is 54.6 Å². The lowest BCUT2D eigenvalue weighted by atomic mass is 9.94. The lowest BCUT2D eigenvalue weighted by molar-refractivity contribution is 0.880. The zero-order chi connectivity index (χ0) is 15.0. The van der Waals surface area contributed by atoms with E-state index in [9.17, 15) is 0 Å². The third kappa shape index (κ3) is 2.95. The molecule has 1 nitrogen and oxygen atoms in total. The second-order valence-electron chi connectivity index (χ2n) is 4.86. The summed E-state index contributed by atoms with van der Waals surface area (Å²) in [5.41, 5.74) is 8.44. The molecule has 0 saturated carbocycles. The number of hydrogen-bond acceptors (Lipinski definition) is 1. The van der Waals surface area contributed by atoms with Crippen LogP contribution in [-0.4, -0.2) is 0 Å². The van der Waals surface area contributed by atoms with Crippen molar-refractivity contribution in [2.45, 2.75) is 6.04 Å². The van der Waals surface area contributed by atoms with Crippen LogP contribution in [0, 0.1) is 0 Å². The van der Waals surface area contributed by atoms with Gasteiger partial charge in [0.2, 0.25) is 0 Å². The number of benzene rings is 3. The number of rotatable bonds is 2. The van der Waals surface area contributed by atoms with Gasteiger partial charge in [0.1, 0.15) is 0 Å². The summed E-state index contributed by atoms with van der Waals surface area (Å²) in [6.45, 7) is 0. The van der Waals surface area contributed by atoms with Gasteiger partial charge < -0.3 is 5.73 Å². The molecular formula is C17H12BrCl2N. The molecule has 1 atom stereocenters. The fraction of sp³-hybridized carbons (Fsp3) is 0.0588. The number of fused-ring (bicyclic) bond motifs is 1. The van der Waals surface area contributed by atoms with Crippen LogP contribution in [0.15, 0.2) is 59.1 Å². The van der Waals surface area contributed by atoms with Gasteiger partial charge in [0, 0.05) is 19.9 Å². The Morgan fingerprint density at radius 2 is 1.62 bits per heavy atom. The van der Waals surface area contributed by atoms with Gasteiger partial charge in [0.25, 0.3) is 0 Å². The maximum absolute atomic E-state index is 6.45. The van der Waals surface area contributed by atoms with E-state index in [1.165, 1.54) is 0 Å². The molecule has 0 amide bonds. The fourth-order valence-electron chi connectivity index (χ4n) is 2.49. The number of nitrogens with two attached hydrogens (primary N) is 1. The second-order valence-corrected chi connectivity index (χ2v) is 6.62. The molecule has 1 unspecified atom stereocenters. The molecule has 2 N–H and O–H groups in total. The van der Waals surface area contributed by atoms with Crippen LogP contribution in [-0.2, 0) is 0 Å². The van der Waals surface area contributed by atoms with Gasteiger partial charge in [-0.25, -0.2) is 0 Å². The third-order valence-electron chi connectivity index (χ3n) is 3.48. The van der Waals surface area contributed by atoms with Crippen LogP contribution >= 0.6 is 39.1 Å². The summed E-state index contributed by atoms with van der Waals surface area (Å²) in [5, 5.41) is 3.46. The third-order valence-corrected chi connectivity index (χ3v) is 4.49. The molecule has 0 saturated heterocycles. The van der Waals surface area contributed by atoms with Crippen molar-refractivity contribution in [2.75, 3.05) is 0 Å². The molecule has 0 aliphatic rings. The van der Waals surface area contributed by atoms with E-state index in [4.69, 9.17) is 28.9 Å². The van der Waals surface area contributed by atoms with Gasteiger partial charge in [-0.2, -0.15) is 0 Å². The molecule has 0 aromatic heterocycles. The van der Waals surface area contributed by atoms with Crippen LogP contribution in [0.4, 0.5) is 0 Å². The molecule has 0 radical (unpaired) electrons. The van der Waals surface area contributed by atoms with E-state index in [0.717, 1.165) is 31.4 Å². The van der Waals surface area contributed by atoms with Gasteiger partial charge in [0.05, 0.1) is 6.04 Å². The molecule has 0 aliphatic heterocycles. The Bertz CT molecular complexity index is 797. The van der Waals surface area contributed by atoms with Crippen molar-refractivity contribution in [3.63, 3.8) is 0 Å². The van der Waals surface area contributed by atoms with Gasteiger partial charge in [-0.15, -0.1) is 0 Å². The molecule has 3 aromatic rings. The molecule has 21 heavy (non-hydrogen) atoms. The average Bonchev–Trinajstić information content (AvgIpc) is 2.46. The SMILES string of the molecule is NC(c1cc(Cl)cc(Br)c1)c1ccc(Cl)c2ccccc12. The molecule has 0 bridgehead atoms. The molecule has 3 aromatic carbocycles. The van der Waals surface area contributed by atoms with Crippen molar-refractivity contribution in [1.29, 1.82) is 0 Å². The van der Waals surface area contributed by atoms with E-state index in [1.54, 1.807) is 0 Å². The van der Waals surface area contributed by atoms with Crippen LogP contribution < -0.4 is 5.73 Å². The highest BCUT2D eigenvalue weighted by Crippen LogP contribution is 2.33. The highest BCUT2D eigenvalue weighted by atomic mass is 79.9. The van der Waals surface area contributed by atoms with Crippen molar-refractivity contribution in [3.8, 4) is 0 Å². The highest BCUT2D eigenvalue weighted by Gasteiger charge is 2.14. The first-order chi connectivity index (χ1) is 10.1. The van der Waals surface area contributed by atoms with Crippen LogP contribution in [0.3, 0.4) is 0 Å². The first kappa shape index (κ1) is 14.9. The second kappa shape index (κ2) is 5.98. The summed E-state index contributed by atoms with van der Waals surface area (Å²) in [4.78, 5) is 0. The number of hydrogen-bond donors (Lipinski definition) is 1. The Kier molecular flexibility index (Phi) is 4.23. The summed E-state index contributed by atoms with van der Waals surface area (Å²) in [6, 6.07) is 17.3. The quantitative estimate of drug-likeness (QED) is 0.583. The summed E-state index contributed by atoms with van der Waals surface area (Å²) in [7, 11) is 0. The minimum absolute atomic E-state index is 0.262. The van der Waals surface area contributed by atoms with Crippen molar-refractivity contribution in [3.05, 3.63) is 80.2 Å². The van der Waals surface area contributed by atoms with Gasteiger partial charge in [-0.1, -0.05) is 69.5 Å². The number of halogens is 3. The molecule has 0 heterocycles. The van der Waals surface area contributed by atoms with Crippen molar-refractivity contribution in [1.82, 2.24) is 0 Å². The van der Waals surface area contributed by atoms with E-state index in [2.05, 4.69) is 15.9 Å². The van der Waals surface area contributed by atoms with Crippen LogP contribution in [0.5, 0.6) is 0 Å².